The smallest absolute Gasteiger partial charge is 0.335 e. The van der Waals surface area contributed by atoms with Gasteiger partial charge in [-0.2, -0.15) is 0 Å². The molecular weight excluding hydrogens is 154 g/mol. The van der Waals surface area contributed by atoms with Crippen molar-refractivity contribution in [3.05, 3.63) is 29.8 Å². The summed E-state index contributed by atoms with van der Waals surface area (Å²) in [4.78, 5) is 14.4. The lowest BCUT2D eigenvalue weighted by Gasteiger charge is -1.94. The SMILES string of the molecule is CC=Nc1ccc(C(=O)O)cc1. The number of carboxylic acid groups (broad SMARTS) is 1. The molecule has 0 aliphatic heterocycles. The second kappa shape index (κ2) is 3.67. The highest BCUT2D eigenvalue weighted by Gasteiger charge is 1.99. The van der Waals surface area contributed by atoms with Gasteiger partial charge in [-0.05, 0) is 31.2 Å². The maximum atomic E-state index is 10.4. The van der Waals surface area contributed by atoms with E-state index < -0.39 is 5.97 Å². The van der Waals surface area contributed by atoms with Crippen LogP contribution in [0.3, 0.4) is 0 Å². The molecule has 0 unspecified atom stereocenters. The van der Waals surface area contributed by atoms with E-state index in [0.29, 0.717) is 0 Å². The van der Waals surface area contributed by atoms with E-state index in [1.54, 1.807) is 18.3 Å². The lowest BCUT2D eigenvalue weighted by molar-refractivity contribution is 0.0697. The quantitative estimate of drug-likeness (QED) is 0.679. The molecule has 0 bridgehead atoms. The first-order valence-electron chi connectivity index (χ1n) is 3.56. The van der Waals surface area contributed by atoms with Gasteiger partial charge in [0.2, 0.25) is 0 Å². The summed E-state index contributed by atoms with van der Waals surface area (Å²) in [5, 5.41) is 8.57. The van der Waals surface area contributed by atoms with E-state index >= 15 is 0 Å². The van der Waals surface area contributed by atoms with Crippen LogP contribution in [0.4, 0.5) is 5.69 Å². The Morgan fingerprint density at radius 2 is 2.00 bits per heavy atom. The number of nitrogens with zero attached hydrogens (tertiary/aromatic N) is 1. The van der Waals surface area contributed by atoms with E-state index in [9.17, 15) is 4.79 Å². The molecule has 3 heteroatoms. The van der Waals surface area contributed by atoms with Crippen molar-refractivity contribution in [2.75, 3.05) is 0 Å². The van der Waals surface area contributed by atoms with Crippen LogP contribution in [0, 0.1) is 0 Å². The fourth-order valence-electron chi connectivity index (χ4n) is 0.839. The van der Waals surface area contributed by atoms with E-state index in [-0.39, 0.29) is 5.56 Å². The number of aliphatic imine (C=N–C) groups is 1. The van der Waals surface area contributed by atoms with Gasteiger partial charge in [-0.3, -0.25) is 4.99 Å². The maximum absolute atomic E-state index is 10.4. The number of carbonyl (C=O) groups is 1. The van der Waals surface area contributed by atoms with Gasteiger partial charge in [-0.15, -0.1) is 0 Å². The summed E-state index contributed by atoms with van der Waals surface area (Å²) >= 11 is 0. The van der Waals surface area contributed by atoms with Crippen LogP contribution in [0.25, 0.3) is 0 Å². The Morgan fingerprint density at radius 3 is 2.42 bits per heavy atom. The van der Waals surface area contributed by atoms with Crippen molar-refractivity contribution in [3.8, 4) is 0 Å². The zero-order valence-corrected chi connectivity index (χ0v) is 6.69. The van der Waals surface area contributed by atoms with Gasteiger partial charge in [0.25, 0.3) is 0 Å². The molecule has 0 atom stereocenters. The van der Waals surface area contributed by atoms with Crippen molar-refractivity contribution in [3.63, 3.8) is 0 Å². The van der Waals surface area contributed by atoms with Crippen LogP contribution in [0.15, 0.2) is 29.3 Å². The van der Waals surface area contributed by atoms with Crippen LogP contribution in [0.5, 0.6) is 0 Å². The van der Waals surface area contributed by atoms with E-state index in [1.165, 1.54) is 12.1 Å². The van der Waals surface area contributed by atoms with Crippen LogP contribution in [-0.4, -0.2) is 17.3 Å². The zero-order chi connectivity index (χ0) is 8.97. The van der Waals surface area contributed by atoms with Crippen LogP contribution in [0.2, 0.25) is 0 Å². The zero-order valence-electron chi connectivity index (χ0n) is 6.69. The van der Waals surface area contributed by atoms with Crippen molar-refractivity contribution in [1.82, 2.24) is 0 Å². The first-order chi connectivity index (χ1) is 5.74. The predicted octanol–water partition coefficient (Wildman–Crippen LogP) is 2.11. The molecule has 1 aromatic rings. The average Bonchev–Trinajstić information content (AvgIpc) is 2.06. The van der Waals surface area contributed by atoms with E-state index in [0.717, 1.165) is 5.69 Å². The van der Waals surface area contributed by atoms with Crippen LogP contribution in [-0.2, 0) is 0 Å². The summed E-state index contributed by atoms with van der Waals surface area (Å²) in [5.41, 5.74) is 1.05. The summed E-state index contributed by atoms with van der Waals surface area (Å²) in [5.74, 6) is -0.915. The minimum Gasteiger partial charge on any atom is -0.478 e. The molecule has 0 radical (unpaired) electrons. The van der Waals surface area contributed by atoms with Gasteiger partial charge in [-0.1, -0.05) is 0 Å². The van der Waals surface area contributed by atoms with Crippen LogP contribution in [0.1, 0.15) is 17.3 Å². The van der Waals surface area contributed by atoms with E-state index in [2.05, 4.69) is 4.99 Å². The molecular formula is C9H9NO2. The minimum atomic E-state index is -0.915. The summed E-state index contributed by atoms with van der Waals surface area (Å²) in [6.45, 7) is 1.81. The number of hydrogen-bond donors (Lipinski definition) is 1. The van der Waals surface area contributed by atoms with Gasteiger partial charge < -0.3 is 5.11 Å². The first kappa shape index (κ1) is 8.46. The third-order valence-corrected chi connectivity index (χ3v) is 1.39. The van der Waals surface area contributed by atoms with Gasteiger partial charge in [0, 0.05) is 6.21 Å². The highest BCUT2D eigenvalue weighted by molar-refractivity contribution is 5.87. The largest absolute Gasteiger partial charge is 0.478 e. The Kier molecular flexibility index (Phi) is 2.58. The summed E-state index contributed by atoms with van der Waals surface area (Å²) in [7, 11) is 0. The molecule has 12 heavy (non-hydrogen) atoms. The Labute approximate surface area is 70.4 Å². The predicted molar refractivity (Wildman–Crippen MR) is 47.2 cm³/mol. The van der Waals surface area contributed by atoms with Crippen LogP contribution < -0.4 is 0 Å². The molecule has 0 aliphatic carbocycles. The topological polar surface area (TPSA) is 49.7 Å². The molecule has 0 heterocycles. The second-order valence-corrected chi connectivity index (χ2v) is 2.24. The van der Waals surface area contributed by atoms with Crippen molar-refractivity contribution in [2.45, 2.75) is 6.92 Å². The Morgan fingerprint density at radius 1 is 1.42 bits per heavy atom. The fraction of sp³-hybridized carbons (Fsp3) is 0.111. The highest BCUT2D eigenvalue weighted by atomic mass is 16.4. The average molecular weight is 163 g/mol. The molecule has 0 fully saturated rings. The number of aromatic carboxylic acids is 1. The fourth-order valence-corrected chi connectivity index (χ4v) is 0.839. The van der Waals surface area contributed by atoms with Crippen LogP contribution >= 0.6 is 0 Å². The number of rotatable bonds is 2. The van der Waals surface area contributed by atoms with Gasteiger partial charge in [-0.25, -0.2) is 4.79 Å². The van der Waals surface area contributed by atoms with Crippen molar-refractivity contribution >= 4 is 17.9 Å². The maximum Gasteiger partial charge on any atom is 0.335 e. The molecule has 0 aliphatic rings. The monoisotopic (exact) mass is 163 g/mol. The number of carboxylic acids is 1. The third-order valence-electron chi connectivity index (χ3n) is 1.39. The minimum absolute atomic E-state index is 0.282. The summed E-state index contributed by atoms with van der Waals surface area (Å²) < 4.78 is 0. The summed E-state index contributed by atoms with van der Waals surface area (Å²) in [6.07, 6.45) is 1.66. The summed E-state index contributed by atoms with van der Waals surface area (Å²) in [6, 6.07) is 6.40. The molecule has 0 aromatic heterocycles. The van der Waals surface area contributed by atoms with Crippen molar-refractivity contribution in [2.24, 2.45) is 4.99 Å². The normalized spacial score (nSPS) is 10.4. The van der Waals surface area contributed by atoms with E-state index in [4.69, 9.17) is 5.11 Å². The molecule has 0 spiro atoms. The van der Waals surface area contributed by atoms with Gasteiger partial charge in [0.05, 0.1) is 11.3 Å². The molecule has 0 saturated carbocycles. The lowest BCUT2D eigenvalue weighted by Crippen LogP contribution is -1.93. The number of hydrogen-bond acceptors (Lipinski definition) is 2. The molecule has 0 amide bonds. The lowest BCUT2D eigenvalue weighted by atomic mass is 10.2. The molecule has 1 N–H and O–H groups in total. The van der Waals surface area contributed by atoms with Gasteiger partial charge in [0.15, 0.2) is 0 Å². The Bertz CT molecular complexity index is 301. The van der Waals surface area contributed by atoms with Crippen molar-refractivity contribution < 1.29 is 9.90 Å². The van der Waals surface area contributed by atoms with Crippen molar-refractivity contribution in [1.29, 1.82) is 0 Å². The standard InChI is InChI=1S/C9H9NO2/c1-2-10-8-5-3-7(4-6-8)9(11)12/h2-6H,1H3,(H,11,12). The molecule has 1 rings (SSSR count). The third kappa shape index (κ3) is 1.92. The van der Waals surface area contributed by atoms with Gasteiger partial charge in [0.1, 0.15) is 0 Å². The van der Waals surface area contributed by atoms with Gasteiger partial charge >= 0.3 is 5.97 Å². The highest BCUT2D eigenvalue weighted by Crippen LogP contribution is 2.11. The Hall–Kier alpha value is -1.64. The Balaban J connectivity index is 2.93. The number of benzene rings is 1. The molecule has 3 nitrogen and oxygen atoms in total. The molecule has 62 valence electrons. The first-order valence-corrected chi connectivity index (χ1v) is 3.56. The second-order valence-electron chi connectivity index (χ2n) is 2.24. The molecule has 1 aromatic carbocycles. The van der Waals surface area contributed by atoms with E-state index in [1.807, 2.05) is 6.92 Å². The molecule has 0 saturated heterocycles.